The molecule has 114 valence electrons. The van der Waals surface area contributed by atoms with Gasteiger partial charge in [-0.25, -0.2) is 12.8 Å². The van der Waals surface area contributed by atoms with Crippen LogP contribution in [0.3, 0.4) is 0 Å². The predicted octanol–water partition coefficient (Wildman–Crippen LogP) is 1.98. The van der Waals surface area contributed by atoms with E-state index in [4.69, 9.17) is 5.73 Å². The van der Waals surface area contributed by atoms with Crippen LogP contribution in [0.2, 0.25) is 0 Å². The number of benzene rings is 1. The van der Waals surface area contributed by atoms with Gasteiger partial charge in [0.25, 0.3) is 0 Å². The molecule has 1 aromatic rings. The Bertz CT molecular complexity index is 569. The summed E-state index contributed by atoms with van der Waals surface area (Å²) in [5.41, 5.74) is 6.52. The third kappa shape index (κ3) is 2.98. The molecule has 0 radical (unpaired) electrons. The maximum Gasteiger partial charge on any atom is 0.243 e. The van der Waals surface area contributed by atoms with Crippen molar-refractivity contribution in [2.24, 2.45) is 5.73 Å². The lowest BCUT2D eigenvalue weighted by molar-refractivity contribution is 0.392. The third-order valence-corrected chi connectivity index (χ3v) is 5.85. The first-order chi connectivity index (χ1) is 8.87. The monoisotopic (exact) mass is 322 g/mol. The standard InChI is InChI=1S/C13H19FN2O2S.ClH/c1-9-6-11(14)7-10(2)13(9)19(17,18)16-5-3-4-12(16)8-15;/h6-7,12H,3-5,8,15H2,1-2H3;1H. The minimum Gasteiger partial charge on any atom is -0.329 e. The summed E-state index contributed by atoms with van der Waals surface area (Å²) in [6.07, 6.45) is 1.61. The van der Waals surface area contributed by atoms with Gasteiger partial charge in [0, 0.05) is 19.1 Å². The van der Waals surface area contributed by atoms with Gasteiger partial charge >= 0.3 is 0 Å². The molecule has 1 fully saturated rings. The van der Waals surface area contributed by atoms with Crippen molar-refractivity contribution >= 4 is 22.4 Å². The van der Waals surface area contributed by atoms with Crippen LogP contribution >= 0.6 is 12.4 Å². The molecule has 1 unspecified atom stereocenters. The summed E-state index contributed by atoms with van der Waals surface area (Å²) in [5, 5.41) is 0. The van der Waals surface area contributed by atoms with Gasteiger partial charge in [-0.15, -0.1) is 12.4 Å². The Hall–Kier alpha value is -0.690. The Labute approximate surface area is 125 Å². The summed E-state index contributed by atoms with van der Waals surface area (Å²) in [5.74, 6) is -0.411. The average molecular weight is 323 g/mol. The van der Waals surface area contributed by atoms with E-state index >= 15 is 0 Å². The number of hydrogen-bond donors (Lipinski definition) is 1. The van der Waals surface area contributed by atoms with Crippen LogP contribution in [0.1, 0.15) is 24.0 Å². The second-order valence-corrected chi connectivity index (χ2v) is 6.84. The van der Waals surface area contributed by atoms with Gasteiger partial charge in [0.05, 0.1) is 4.90 Å². The molecule has 0 amide bonds. The molecule has 1 saturated heterocycles. The Morgan fingerprint density at radius 1 is 1.35 bits per heavy atom. The predicted molar refractivity (Wildman–Crippen MR) is 79.1 cm³/mol. The van der Waals surface area contributed by atoms with Crippen LogP contribution in [-0.4, -0.2) is 31.9 Å². The Kier molecular flexibility index (Phi) is 5.54. The number of nitrogens with zero attached hydrogens (tertiary/aromatic N) is 1. The smallest absolute Gasteiger partial charge is 0.243 e. The Morgan fingerprint density at radius 3 is 2.40 bits per heavy atom. The summed E-state index contributed by atoms with van der Waals surface area (Å²) in [7, 11) is -3.59. The molecule has 7 heteroatoms. The highest BCUT2D eigenvalue weighted by molar-refractivity contribution is 7.89. The van der Waals surface area contributed by atoms with Crippen LogP contribution in [-0.2, 0) is 10.0 Å². The molecule has 2 rings (SSSR count). The highest BCUT2D eigenvalue weighted by Crippen LogP contribution is 2.30. The first-order valence-corrected chi connectivity index (χ1v) is 7.80. The van der Waals surface area contributed by atoms with Gasteiger partial charge in [-0.2, -0.15) is 4.31 Å². The Morgan fingerprint density at radius 2 is 1.90 bits per heavy atom. The lowest BCUT2D eigenvalue weighted by Gasteiger charge is -2.24. The summed E-state index contributed by atoms with van der Waals surface area (Å²) in [4.78, 5) is 0.217. The Balaban J connectivity index is 0.00000200. The lowest BCUT2D eigenvalue weighted by Crippen LogP contribution is -2.40. The van der Waals surface area contributed by atoms with E-state index in [9.17, 15) is 12.8 Å². The molecule has 0 spiro atoms. The van der Waals surface area contributed by atoms with Crippen LogP contribution in [0.15, 0.2) is 17.0 Å². The number of sulfonamides is 1. The van der Waals surface area contributed by atoms with E-state index in [1.807, 2.05) is 0 Å². The average Bonchev–Trinajstić information content (AvgIpc) is 2.75. The molecule has 1 aromatic carbocycles. The zero-order chi connectivity index (χ0) is 14.2. The van der Waals surface area contributed by atoms with Crippen molar-refractivity contribution in [3.63, 3.8) is 0 Å². The number of rotatable bonds is 3. The highest BCUT2D eigenvalue weighted by Gasteiger charge is 2.36. The van der Waals surface area contributed by atoms with Crippen molar-refractivity contribution < 1.29 is 12.8 Å². The van der Waals surface area contributed by atoms with Gasteiger partial charge in [-0.05, 0) is 49.9 Å². The zero-order valence-electron chi connectivity index (χ0n) is 11.6. The van der Waals surface area contributed by atoms with Gasteiger partial charge in [0.2, 0.25) is 10.0 Å². The summed E-state index contributed by atoms with van der Waals surface area (Å²) in [6, 6.07) is 2.37. The molecule has 2 N–H and O–H groups in total. The maximum absolute atomic E-state index is 13.3. The fraction of sp³-hybridized carbons (Fsp3) is 0.538. The van der Waals surface area contributed by atoms with Crippen LogP contribution < -0.4 is 5.73 Å². The topological polar surface area (TPSA) is 63.4 Å². The first kappa shape index (κ1) is 17.4. The van der Waals surface area contributed by atoms with Crippen molar-refractivity contribution in [1.82, 2.24) is 4.31 Å². The van der Waals surface area contributed by atoms with E-state index in [0.29, 0.717) is 24.2 Å². The minimum absolute atomic E-state index is 0. The van der Waals surface area contributed by atoms with Gasteiger partial charge in [-0.3, -0.25) is 0 Å². The molecule has 1 aliphatic rings. The van der Waals surface area contributed by atoms with Crippen LogP contribution in [0.25, 0.3) is 0 Å². The quantitative estimate of drug-likeness (QED) is 0.925. The van der Waals surface area contributed by atoms with E-state index < -0.39 is 15.8 Å². The fourth-order valence-electron chi connectivity index (χ4n) is 2.78. The molecular formula is C13H20ClFN2O2S. The van der Waals surface area contributed by atoms with E-state index in [-0.39, 0.29) is 23.3 Å². The number of halogens is 2. The zero-order valence-corrected chi connectivity index (χ0v) is 13.2. The maximum atomic E-state index is 13.3. The normalized spacial score (nSPS) is 19.9. The SMILES string of the molecule is Cc1cc(F)cc(C)c1S(=O)(=O)N1CCCC1CN.Cl. The van der Waals surface area contributed by atoms with E-state index in [2.05, 4.69) is 0 Å². The van der Waals surface area contributed by atoms with Crippen molar-refractivity contribution in [3.05, 3.63) is 29.1 Å². The number of hydrogen-bond acceptors (Lipinski definition) is 3. The molecule has 1 aliphatic heterocycles. The van der Waals surface area contributed by atoms with Crippen molar-refractivity contribution in [3.8, 4) is 0 Å². The fourth-order valence-corrected chi connectivity index (χ4v) is 4.90. The number of aryl methyl sites for hydroxylation is 2. The molecule has 4 nitrogen and oxygen atoms in total. The molecule has 20 heavy (non-hydrogen) atoms. The first-order valence-electron chi connectivity index (χ1n) is 6.36. The van der Waals surface area contributed by atoms with Crippen LogP contribution in [0, 0.1) is 19.7 Å². The lowest BCUT2D eigenvalue weighted by atomic mass is 10.1. The van der Waals surface area contributed by atoms with E-state index in [1.165, 1.54) is 16.4 Å². The van der Waals surface area contributed by atoms with Crippen LogP contribution in [0.5, 0.6) is 0 Å². The largest absolute Gasteiger partial charge is 0.329 e. The minimum atomic E-state index is -3.59. The van der Waals surface area contributed by atoms with E-state index in [1.54, 1.807) is 13.8 Å². The highest BCUT2D eigenvalue weighted by atomic mass is 35.5. The second-order valence-electron chi connectivity index (χ2n) is 5.02. The molecule has 0 aliphatic carbocycles. The van der Waals surface area contributed by atoms with Gasteiger partial charge < -0.3 is 5.73 Å². The summed E-state index contributed by atoms with van der Waals surface area (Å²) in [6.45, 7) is 4.05. The third-order valence-electron chi connectivity index (χ3n) is 3.59. The second kappa shape index (κ2) is 6.39. The van der Waals surface area contributed by atoms with Gasteiger partial charge in [0.1, 0.15) is 5.82 Å². The molecule has 0 saturated carbocycles. The van der Waals surface area contributed by atoms with Gasteiger partial charge in [0.15, 0.2) is 0 Å². The number of nitrogens with two attached hydrogens (primary N) is 1. The molecule has 1 heterocycles. The molecule has 0 aromatic heterocycles. The molecule has 0 bridgehead atoms. The van der Waals surface area contributed by atoms with Gasteiger partial charge in [-0.1, -0.05) is 0 Å². The molecular weight excluding hydrogens is 303 g/mol. The summed E-state index contributed by atoms with van der Waals surface area (Å²) < 4.78 is 40.2. The van der Waals surface area contributed by atoms with E-state index in [0.717, 1.165) is 12.8 Å². The van der Waals surface area contributed by atoms with Crippen molar-refractivity contribution in [2.45, 2.75) is 37.6 Å². The van der Waals surface area contributed by atoms with Crippen LogP contribution in [0.4, 0.5) is 4.39 Å². The van der Waals surface area contributed by atoms with Crippen molar-refractivity contribution in [2.75, 3.05) is 13.1 Å². The molecule has 1 atom stereocenters. The van der Waals surface area contributed by atoms with Crippen molar-refractivity contribution in [1.29, 1.82) is 0 Å². The summed E-state index contributed by atoms with van der Waals surface area (Å²) >= 11 is 0.